The Balaban J connectivity index is 2.07. The average molecular weight is 382 g/mol. The standard InChI is InChI=1S/C22H22O6/c1-11(23)17-9-13-7-15-14(10-18(13)28-17)16(24)6-5-12-8-19(25-2)21(26-3)22(27-4)20(12)15/h7-11,23H,5-6H2,1-4H3. The van der Waals surface area contributed by atoms with Gasteiger partial charge in [0.05, 0.1) is 21.3 Å². The lowest BCUT2D eigenvalue weighted by Crippen LogP contribution is -2.00. The molecule has 28 heavy (non-hydrogen) atoms. The molecule has 0 radical (unpaired) electrons. The molecule has 1 aliphatic rings. The van der Waals surface area contributed by atoms with Crippen molar-refractivity contribution in [2.75, 3.05) is 21.3 Å². The zero-order valence-corrected chi connectivity index (χ0v) is 16.3. The van der Waals surface area contributed by atoms with Crippen LogP contribution in [0.15, 0.2) is 28.7 Å². The van der Waals surface area contributed by atoms with Gasteiger partial charge in [0.1, 0.15) is 17.4 Å². The van der Waals surface area contributed by atoms with E-state index in [1.807, 2.05) is 12.1 Å². The summed E-state index contributed by atoms with van der Waals surface area (Å²) in [7, 11) is 4.71. The zero-order chi connectivity index (χ0) is 20.0. The Morgan fingerprint density at radius 2 is 1.71 bits per heavy atom. The number of aryl methyl sites for hydroxylation is 1. The summed E-state index contributed by atoms with van der Waals surface area (Å²) in [5.41, 5.74) is 3.69. The number of hydrogen-bond acceptors (Lipinski definition) is 6. The minimum atomic E-state index is -0.728. The molecular weight excluding hydrogens is 360 g/mol. The van der Waals surface area contributed by atoms with Crippen molar-refractivity contribution >= 4 is 16.8 Å². The normalized spacial score (nSPS) is 14.2. The highest BCUT2D eigenvalue weighted by atomic mass is 16.5. The molecule has 2 aromatic carbocycles. The van der Waals surface area contributed by atoms with E-state index >= 15 is 0 Å². The second-order valence-corrected chi connectivity index (χ2v) is 6.86. The monoisotopic (exact) mass is 382 g/mol. The minimum absolute atomic E-state index is 0.0306. The summed E-state index contributed by atoms with van der Waals surface area (Å²) in [6.45, 7) is 1.64. The lowest BCUT2D eigenvalue weighted by Gasteiger charge is -2.19. The smallest absolute Gasteiger partial charge is 0.203 e. The lowest BCUT2D eigenvalue weighted by molar-refractivity contribution is 0.0984. The lowest BCUT2D eigenvalue weighted by atomic mass is 9.93. The molecule has 1 N–H and O–H groups in total. The molecule has 0 saturated carbocycles. The number of aliphatic hydroxyl groups is 1. The van der Waals surface area contributed by atoms with E-state index < -0.39 is 6.10 Å². The van der Waals surface area contributed by atoms with E-state index in [2.05, 4.69) is 0 Å². The first-order valence-electron chi connectivity index (χ1n) is 9.09. The van der Waals surface area contributed by atoms with Crippen molar-refractivity contribution in [3.8, 4) is 28.4 Å². The second-order valence-electron chi connectivity index (χ2n) is 6.86. The van der Waals surface area contributed by atoms with Crippen LogP contribution < -0.4 is 14.2 Å². The van der Waals surface area contributed by atoms with Crippen molar-refractivity contribution in [1.29, 1.82) is 0 Å². The summed E-state index contributed by atoms with van der Waals surface area (Å²) < 4.78 is 22.4. The largest absolute Gasteiger partial charge is 0.493 e. The number of carbonyl (C=O) groups excluding carboxylic acids is 1. The van der Waals surface area contributed by atoms with E-state index in [0.717, 1.165) is 22.1 Å². The molecule has 0 fully saturated rings. The van der Waals surface area contributed by atoms with Gasteiger partial charge in [0, 0.05) is 22.9 Å². The number of ketones is 1. The predicted octanol–water partition coefficient (Wildman–Crippen LogP) is 4.31. The number of carbonyl (C=O) groups is 1. The Labute approximate surface area is 162 Å². The molecule has 0 aliphatic heterocycles. The van der Waals surface area contributed by atoms with Crippen LogP contribution in [0, 0.1) is 0 Å². The van der Waals surface area contributed by atoms with E-state index in [1.54, 1.807) is 40.4 Å². The highest BCUT2D eigenvalue weighted by Crippen LogP contribution is 2.49. The van der Waals surface area contributed by atoms with E-state index in [0.29, 0.717) is 47.0 Å². The van der Waals surface area contributed by atoms with Gasteiger partial charge >= 0.3 is 0 Å². The van der Waals surface area contributed by atoms with Crippen LogP contribution in [0.4, 0.5) is 0 Å². The summed E-state index contributed by atoms with van der Waals surface area (Å²) in [4.78, 5) is 12.9. The van der Waals surface area contributed by atoms with Crippen LogP contribution in [0.25, 0.3) is 22.1 Å². The molecule has 0 saturated heterocycles. The van der Waals surface area contributed by atoms with Crippen LogP contribution >= 0.6 is 0 Å². The van der Waals surface area contributed by atoms with Crippen molar-refractivity contribution in [2.45, 2.75) is 25.9 Å². The Hall–Kier alpha value is -2.99. The maximum absolute atomic E-state index is 12.9. The molecule has 6 nitrogen and oxygen atoms in total. The first kappa shape index (κ1) is 18.4. The molecule has 1 atom stereocenters. The van der Waals surface area contributed by atoms with E-state index in [1.165, 1.54) is 0 Å². The number of benzene rings is 2. The van der Waals surface area contributed by atoms with Crippen LogP contribution in [0.5, 0.6) is 17.2 Å². The van der Waals surface area contributed by atoms with Crippen molar-refractivity contribution in [2.24, 2.45) is 0 Å². The fraction of sp³-hybridized carbons (Fsp3) is 0.318. The summed E-state index contributed by atoms with van der Waals surface area (Å²) in [6.07, 6.45) is 0.211. The van der Waals surface area contributed by atoms with Crippen LogP contribution in [0.2, 0.25) is 0 Å². The molecule has 3 aromatic rings. The summed E-state index contributed by atoms with van der Waals surface area (Å²) in [5.74, 6) is 2.08. The van der Waals surface area contributed by atoms with Crippen molar-refractivity contribution in [3.63, 3.8) is 0 Å². The summed E-state index contributed by atoms with van der Waals surface area (Å²) in [6, 6.07) is 7.36. The molecule has 4 rings (SSSR count). The molecule has 0 amide bonds. The first-order valence-corrected chi connectivity index (χ1v) is 9.09. The average Bonchev–Trinajstić information content (AvgIpc) is 3.07. The fourth-order valence-electron chi connectivity index (χ4n) is 3.83. The van der Waals surface area contributed by atoms with Gasteiger partial charge in [0.25, 0.3) is 0 Å². The predicted molar refractivity (Wildman–Crippen MR) is 105 cm³/mol. The van der Waals surface area contributed by atoms with Crippen molar-refractivity contribution < 1.29 is 28.5 Å². The van der Waals surface area contributed by atoms with Gasteiger partial charge in [0.15, 0.2) is 17.3 Å². The molecule has 0 spiro atoms. The zero-order valence-electron chi connectivity index (χ0n) is 16.3. The maximum Gasteiger partial charge on any atom is 0.203 e. The van der Waals surface area contributed by atoms with E-state index in [9.17, 15) is 9.90 Å². The van der Waals surface area contributed by atoms with Crippen LogP contribution in [-0.2, 0) is 6.42 Å². The van der Waals surface area contributed by atoms with Gasteiger partial charge < -0.3 is 23.7 Å². The number of methoxy groups -OCH3 is 3. The van der Waals surface area contributed by atoms with Gasteiger partial charge in [0.2, 0.25) is 5.75 Å². The SMILES string of the molecule is COc1cc2c(c(OC)c1OC)-c1cc3cc(C(C)O)oc3cc1C(=O)CC2. The van der Waals surface area contributed by atoms with Crippen molar-refractivity contribution in [3.05, 3.63) is 41.2 Å². The molecule has 146 valence electrons. The molecule has 1 unspecified atom stereocenters. The van der Waals surface area contributed by atoms with Crippen molar-refractivity contribution in [1.82, 2.24) is 0 Å². The Morgan fingerprint density at radius 1 is 0.964 bits per heavy atom. The molecule has 6 heteroatoms. The second kappa shape index (κ2) is 6.87. The third-order valence-corrected chi connectivity index (χ3v) is 5.19. The maximum atomic E-state index is 12.9. The molecule has 1 aliphatic carbocycles. The highest BCUT2D eigenvalue weighted by Gasteiger charge is 2.29. The minimum Gasteiger partial charge on any atom is -0.493 e. The topological polar surface area (TPSA) is 78.1 Å². The Bertz CT molecular complexity index is 1080. The number of furan rings is 1. The number of fused-ring (bicyclic) bond motifs is 4. The Kier molecular flexibility index (Phi) is 4.51. The van der Waals surface area contributed by atoms with Gasteiger partial charge in [-0.25, -0.2) is 0 Å². The molecule has 1 heterocycles. The van der Waals surface area contributed by atoms with Crippen LogP contribution in [0.1, 0.15) is 41.1 Å². The van der Waals surface area contributed by atoms with Gasteiger partial charge in [-0.1, -0.05) is 0 Å². The van der Waals surface area contributed by atoms with Gasteiger partial charge in [-0.3, -0.25) is 4.79 Å². The number of rotatable bonds is 4. The van der Waals surface area contributed by atoms with Crippen LogP contribution in [-0.4, -0.2) is 32.2 Å². The highest BCUT2D eigenvalue weighted by molar-refractivity contribution is 6.08. The van der Waals surface area contributed by atoms with E-state index in [4.69, 9.17) is 18.6 Å². The third-order valence-electron chi connectivity index (χ3n) is 5.19. The summed E-state index contributed by atoms with van der Waals surface area (Å²) in [5, 5.41) is 10.7. The number of ether oxygens (including phenoxy) is 3. The Morgan fingerprint density at radius 3 is 2.36 bits per heavy atom. The number of Topliss-reactive ketones (excluding diaryl/α,β-unsaturated/α-hetero) is 1. The van der Waals surface area contributed by atoms with Gasteiger partial charge in [-0.15, -0.1) is 0 Å². The first-order chi connectivity index (χ1) is 13.5. The van der Waals surface area contributed by atoms with E-state index in [-0.39, 0.29) is 5.78 Å². The quantitative estimate of drug-likeness (QED) is 0.725. The molecule has 0 bridgehead atoms. The molecular formula is C22H22O6. The van der Waals surface area contributed by atoms with Gasteiger partial charge in [-0.05, 0) is 48.7 Å². The van der Waals surface area contributed by atoms with Gasteiger partial charge in [-0.2, -0.15) is 0 Å². The number of hydrogen-bond donors (Lipinski definition) is 1. The third kappa shape index (κ3) is 2.72. The fourth-order valence-corrected chi connectivity index (χ4v) is 3.83. The number of aliphatic hydroxyl groups excluding tert-OH is 1. The summed E-state index contributed by atoms with van der Waals surface area (Å²) >= 11 is 0. The molecule has 1 aromatic heterocycles. The van der Waals surface area contributed by atoms with Crippen LogP contribution in [0.3, 0.4) is 0 Å².